The number of nitrogens with one attached hydrogen (secondary N) is 2. The number of nitrogens with zero attached hydrogens (tertiary/aromatic N) is 4. The van der Waals surface area contributed by atoms with Crippen LogP contribution in [0.1, 0.15) is 40.5 Å². The van der Waals surface area contributed by atoms with Crippen molar-refractivity contribution in [2.75, 3.05) is 24.5 Å². The molecule has 4 rings (SSSR count). The van der Waals surface area contributed by atoms with E-state index in [1.807, 2.05) is 26.8 Å². The quantitative estimate of drug-likeness (QED) is 0.504. The van der Waals surface area contributed by atoms with Crippen LogP contribution in [0.3, 0.4) is 0 Å². The Morgan fingerprint density at radius 1 is 1.23 bits per heavy atom. The molecule has 2 N–H and O–H groups in total. The van der Waals surface area contributed by atoms with Crippen LogP contribution in [-0.2, 0) is 4.74 Å². The highest BCUT2D eigenvalue weighted by atomic mass is 35.5. The number of benzene rings is 1. The number of alkyl carbamates (subject to hydrolysis) is 1. The molecule has 0 radical (unpaired) electrons. The van der Waals surface area contributed by atoms with E-state index in [1.54, 1.807) is 18.5 Å². The average Bonchev–Trinajstić information content (AvgIpc) is 2.80. The average molecular weight is 517 g/mol. The Hall–Kier alpha value is -2.85. The number of H-pyrrole nitrogens is 1. The van der Waals surface area contributed by atoms with Crippen molar-refractivity contribution in [2.45, 2.75) is 56.1 Å². The second-order valence-corrected chi connectivity index (χ2v) is 11.4. The van der Waals surface area contributed by atoms with E-state index >= 15 is 0 Å². The molecule has 2 aromatic heterocycles. The molecule has 9 nitrogen and oxygen atoms in total. The Bertz CT molecular complexity index is 1270. The van der Waals surface area contributed by atoms with Crippen LogP contribution in [0, 0.1) is 5.41 Å². The Balaban J connectivity index is 1.35. The van der Waals surface area contributed by atoms with E-state index in [9.17, 15) is 9.59 Å². The largest absolute Gasteiger partial charge is 0.444 e. The predicted octanol–water partition coefficient (Wildman–Crippen LogP) is 4.65. The second kappa shape index (κ2) is 10.0. The van der Waals surface area contributed by atoms with Crippen LogP contribution in [0.2, 0.25) is 5.02 Å². The standard InChI is InChI=1S/C24H29ClN6O3S/c1-23(2,3)34-22(33)28-13-24(4)7-9-31(10-8-24)17-11-27-18(12-26-17)35-16-6-5-15-19(20(16)25)21(32)30-14-29-15/h5-6,11-12,14H,7-10,13H2,1-4H3,(H,28,33)(H,29,30,32). The summed E-state index contributed by atoms with van der Waals surface area (Å²) < 4.78 is 5.34. The summed E-state index contributed by atoms with van der Waals surface area (Å²) in [5, 5.41) is 4.30. The molecule has 186 valence electrons. The van der Waals surface area contributed by atoms with Gasteiger partial charge in [0.15, 0.2) is 0 Å². The van der Waals surface area contributed by atoms with Gasteiger partial charge < -0.3 is 19.9 Å². The zero-order chi connectivity index (χ0) is 25.2. The highest BCUT2D eigenvalue weighted by molar-refractivity contribution is 7.99. The molecule has 1 aliphatic rings. The van der Waals surface area contributed by atoms with Crippen LogP contribution >= 0.6 is 23.4 Å². The number of rotatable bonds is 5. The minimum atomic E-state index is -0.508. The summed E-state index contributed by atoms with van der Waals surface area (Å²) in [5.41, 5.74) is -0.243. The van der Waals surface area contributed by atoms with Crippen molar-refractivity contribution >= 4 is 46.2 Å². The van der Waals surface area contributed by atoms with E-state index in [2.05, 4.69) is 37.1 Å². The lowest BCUT2D eigenvalue weighted by Crippen LogP contribution is -2.45. The summed E-state index contributed by atoms with van der Waals surface area (Å²) in [6.45, 7) is 9.95. The molecule has 0 atom stereocenters. The Morgan fingerprint density at radius 2 is 1.97 bits per heavy atom. The van der Waals surface area contributed by atoms with Crippen molar-refractivity contribution in [3.8, 4) is 0 Å². The maximum absolute atomic E-state index is 12.1. The van der Waals surface area contributed by atoms with Crippen LogP contribution in [-0.4, -0.2) is 51.3 Å². The van der Waals surface area contributed by atoms with Gasteiger partial charge in [0.25, 0.3) is 5.56 Å². The SMILES string of the molecule is CC1(CNC(=O)OC(C)(C)C)CCN(c2cnc(Sc3ccc4nc[nH]c(=O)c4c3Cl)cn2)CC1. The fourth-order valence-corrected chi connectivity index (χ4v) is 5.00. The van der Waals surface area contributed by atoms with Crippen LogP contribution in [0.15, 0.2) is 45.6 Å². The number of fused-ring (bicyclic) bond motifs is 1. The number of amides is 1. The highest BCUT2D eigenvalue weighted by Crippen LogP contribution is 2.36. The summed E-state index contributed by atoms with van der Waals surface area (Å²) >= 11 is 7.83. The number of anilines is 1. The summed E-state index contributed by atoms with van der Waals surface area (Å²) in [4.78, 5) is 42.9. The molecule has 0 unspecified atom stereocenters. The first-order valence-corrected chi connectivity index (χ1v) is 12.6. The van der Waals surface area contributed by atoms with Gasteiger partial charge >= 0.3 is 6.09 Å². The fraction of sp³-hybridized carbons (Fsp3) is 0.458. The summed E-state index contributed by atoms with van der Waals surface area (Å²) in [5.74, 6) is 0.807. The minimum absolute atomic E-state index is 0.00381. The number of hydrogen-bond acceptors (Lipinski definition) is 8. The van der Waals surface area contributed by atoms with Crippen molar-refractivity contribution in [1.29, 1.82) is 0 Å². The third kappa shape index (κ3) is 6.24. The zero-order valence-electron chi connectivity index (χ0n) is 20.2. The number of carbonyl (C=O) groups excluding carboxylic acids is 1. The molecule has 1 saturated heterocycles. The van der Waals surface area contributed by atoms with E-state index in [0.717, 1.165) is 31.7 Å². The lowest BCUT2D eigenvalue weighted by atomic mass is 9.80. The molecule has 1 aliphatic heterocycles. The Morgan fingerprint density at radius 3 is 2.63 bits per heavy atom. The molecule has 0 bridgehead atoms. The van der Waals surface area contributed by atoms with Gasteiger partial charge in [0, 0.05) is 24.5 Å². The molecule has 3 heterocycles. The normalized spacial score (nSPS) is 15.7. The van der Waals surface area contributed by atoms with Crippen molar-refractivity contribution < 1.29 is 9.53 Å². The van der Waals surface area contributed by atoms with Crippen LogP contribution in [0.4, 0.5) is 10.6 Å². The van der Waals surface area contributed by atoms with Gasteiger partial charge in [0.1, 0.15) is 16.4 Å². The molecule has 1 aromatic carbocycles. The third-order valence-corrected chi connectivity index (χ3v) is 7.38. The number of hydrogen-bond donors (Lipinski definition) is 2. The van der Waals surface area contributed by atoms with E-state index in [-0.39, 0.29) is 17.1 Å². The van der Waals surface area contributed by atoms with E-state index < -0.39 is 5.60 Å². The highest BCUT2D eigenvalue weighted by Gasteiger charge is 2.31. The smallest absolute Gasteiger partial charge is 0.407 e. The number of aromatic amines is 1. The van der Waals surface area contributed by atoms with Gasteiger partial charge in [-0.3, -0.25) is 4.79 Å². The van der Waals surface area contributed by atoms with E-state index in [4.69, 9.17) is 16.3 Å². The maximum Gasteiger partial charge on any atom is 0.407 e. The van der Waals surface area contributed by atoms with Gasteiger partial charge in [0.05, 0.1) is 34.6 Å². The van der Waals surface area contributed by atoms with Crippen LogP contribution in [0.5, 0.6) is 0 Å². The number of halogens is 1. The molecular formula is C24H29ClN6O3S. The monoisotopic (exact) mass is 516 g/mol. The summed E-state index contributed by atoms with van der Waals surface area (Å²) in [6.07, 6.45) is 6.28. The minimum Gasteiger partial charge on any atom is -0.444 e. The Kier molecular flexibility index (Phi) is 7.23. The van der Waals surface area contributed by atoms with Gasteiger partial charge in [-0.05, 0) is 51.2 Å². The molecule has 0 aliphatic carbocycles. The Labute approximate surface area is 213 Å². The van der Waals surface area contributed by atoms with Crippen LogP contribution in [0.25, 0.3) is 10.9 Å². The second-order valence-electron chi connectivity index (χ2n) is 9.97. The number of piperidine rings is 1. The van der Waals surface area contributed by atoms with E-state index in [0.29, 0.717) is 32.4 Å². The van der Waals surface area contributed by atoms with Crippen molar-refractivity contribution in [1.82, 2.24) is 25.3 Å². The third-order valence-electron chi connectivity index (χ3n) is 5.89. The molecule has 1 fully saturated rings. The number of carbonyl (C=O) groups is 1. The van der Waals surface area contributed by atoms with Gasteiger partial charge in [0.2, 0.25) is 0 Å². The molecule has 0 saturated carbocycles. The first kappa shape index (κ1) is 25.2. The summed E-state index contributed by atoms with van der Waals surface area (Å²) in [7, 11) is 0. The lowest BCUT2D eigenvalue weighted by Gasteiger charge is -2.40. The number of ether oxygens (including phenoxy) is 1. The topological polar surface area (TPSA) is 113 Å². The molecule has 3 aromatic rings. The predicted molar refractivity (Wildman–Crippen MR) is 137 cm³/mol. The van der Waals surface area contributed by atoms with Crippen molar-refractivity contribution in [3.63, 3.8) is 0 Å². The first-order chi connectivity index (χ1) is 16.5. The summed E-state index contributed by atoms with van der Waals surface area (Å²) in [6, 6.07) is 3.59. The van der Waals surface area contributed by atoms with E-state index in [1.165, 1.54) is 18.1 Å². The molecular weight excluding hydrogens is 488 g/mol. The molecule has 1 amide bonds. The van der Waals surface area contributed by atoms with Gasteiger partial charge in [-0.25, -0.2) is 19.7 Å². The maximum atomic E-state index is 12.1. The van der Waals surface area contributed by atoms with Gasteiger partial charge in [-0.15, -0.1) is 0 Å². The van der Waals surface area contributed by atoms with Crippen molar-refractivity contribution in [3.05, 3.63) is 46.2 Å². The lowest BCUT2D eigenvalue weighted by molar-refractivity contribution is 0.0495. The molecule has 35 heavy (non-hydrogen) atoms. The zero-order valence-corrected chi connectivity index (χ0v) is 21.8. The molecule has 0 spiro atoms. The number of aromatic nitrogens is 4. The van der Waals surface area contributed by atoms with Gasteiger partial charge in [-0.1, -0.05) is 30.3 Å². The van der Waals surface area contributed by atoms with Gasteiger partial charge in [-0.2, -0.15) is 0 Å². The first-order valence-electron chi connectivity index (χ1n) is 11.4. The van der Waals surface area contributed by atoms with Crippen molar-refractivity contribution in [2.24, 2.45) is 5.41 Å². The fourth-order valence-electron chi connectivity index (χ4n) is 3.87. The molecule has 11 heteroatoms. The van der Waals surface area contributed by atoms with Crippen LogP contribution < -0.4 is 15.8 Å².